The van der Waals surface area contributed by atoms with Crippen molar-refractivity contribution in [2.75, 3.05) is 19.6 Å². The lowest BCUT2D eigenvalue weighted by molar-refractivity contribution is -0.145. The normalized spacial score (nSPS) is 37.5. The monoisotopic (exact) mass is 423 g/mol. The van der Waals surface area contributed by atoms with Crippen LogP contribution in [0.15, 0.2) is 42.0 Å². The van der Waals surface area contributed by atoms with E-state index in [1.165, 1.54) is 24.8 Å². The molecule has 0 amide bonds. The summed E-state index contributed by atoms with van der Waals surface area (Å²) in [5.74, 6) is 0.781. The van der Waals surface area contributed by atoms with E-state index < -0.39 is 5.60 Å². The van der Waals surface area contributed by atoms with Crippen molar-refractivity contribution in [3.8, 4) is 0 Å². The Kier molecular flexibility index (Phi) is 5.50. The summed E-state index contributed by atoms with van der Waals surface area (Å²) >= 11 is 0. The molecular formula is C27H37NO3. The van der Waals surface area contributed by atoms with Gasteiger partial charge in [0.25, 0.3) is 0 Å². The highest BCUT2D eigenvalue weighted by molar-refractivity contribution is 5.76. The number of hydrogen-bond donors (Lipinski definition) is 1. The fraction of sp³-hybridized carbons (Fsp3) is 0.667. The van der Waals surface area contributed by atoms with Gasteiger partial charge in [-0.05, 0) is 49.0 Å². The third-order valence-electron chi connectivity index (χ3n) is 8.70. The van der Waals surface area contributed by atoms with Crippen LogP contribution in [-0.2, 0) is 16.0 Å². The van der Waals surface area contributed by atoms with Crippen LogP contribution < -0.4 is 0 Å². The van der Waals surface area contributed by atoms with Gasteiger partial charge in [0.05, 0.1) is 11.5 Å². The van der Waals surface area contributed by atoms with Gasteiger partial charge in [-0.1, -0.05) is 62.2 Å². The predicted molar refractivity (Wildman–Crippen MR) is 121 cm³/mol. The van der Waals surface area contributed by atoms with Crippen molar-refractivity contribution in [1.82, 2.24) is 4.90 Å². The molecule has 1 N–H and O–H groups in total. The number of allylic oxidation sites excluding steroid dienone is 1. The van der Waals surface area contributed by atoms with Gasteiger partial charge in [0, 0.05) is 32.0 Å². The maximum atomic E-state index is 12.8. The largest absolute Gasteiger partial charge is 0.461 e. The molecule has 1 aromatic rings. The number of ether oxygens (including phenoxy) is 1. The predicted octanol–water partition coefficient (Wildman–Crippen LogP) is 4.37. The van der Waals surface area contributed by atoms with E-state index in [2.05, 4.69) is 37.0 Å². The van der Waals surface area contributed by atoms with Crippen molar-refractivity contribution in [3.05, 3.63) is 47.5 Å². The van der Waals surface area contributed by atoms with Gasteiger partial charge in [0.2, 0.25) is 0 Å². The van der Waals surface area contributed by atoms with Crippen LogP contribution in [0.2, 0.25) is 0 Å². The first kappa shape index (κ1) is 21.2. The zero-order valence-corrected chi connectivity index (χ0v) is 19.1. The van der Waals surface area contributed by atoms with E-state index in [4.69, 9.17) is 4.74 Å². The fourth-order valence-electron chi connectivity index (χ4n) is 6.84. The molecule has 4 nitrogen and oxygen atoms in total. The zero-order valence-electron chi connectivity index (χ0n) is 19.1. The first-order chi connectivity index (χ1) is 14.9. The molecule has 0 radical (unpaired) electrons. The maximum Gasteiger partial charge on any atom is 0.311 e. The topological polar surface area (TPSA) is 49.8 Å². The van der Waals surface area contributed by atoms with Gasteiger partial charge in [-0.2, -0.15) is 0 Å². The third-order valence-corrected chi connectivity index (χ3v) is 8.70. The molecule has 0 unspecified atom stereocenters. The lowest BCUT2D eigenvalue weighted by Crippen LogP contribution is -2.48. The summed E-state index contributed by atoms with van der Waals surface area (Å²) in [5.41, 5.74) is 2.36. The van der Waals surface area contributed by atoms with Crippen molar-refractivity contribution in [3.63, 3.8) is 0 Å². The van der Waals surface area contributed by atoms with Gasteiger partial charge >= 0.3 is 5.97 Å². The molecule has 0 aromatic heterocycles. The van der Waals surface area contributed by atoms with Crippen LogP contribution in [-0.4, -0.2) is 47.3 Å². The molecule has 31 heavy (non-hydrogen) atoms. The van der Waals surface area contributed by atoms with Crippen LogP contribution in [0.4, 0.5) is 0 Å². The first-order valence-electron chi connectivity index (χ1n) is 12.3. The van der Waals surface area contributed by atoms with E-state index in [0.717, 1.165) is 38.9 Å². The Morgan fingerprint density at radius 3 is 2.65 bits per heavy atom. The molecule has 1 aromatic carbocycles. The van der Waals surface area contributed by atoms with E-state index in [9.17, 15) is 9.90 Å². The van der Waals surface area contributed by atoms with Crippen LogP contribution in [0.1, 0.15) is 57.9 Å². The summed E-state index contributed by atoms with van der Waals surface area (Å²) in [7, 11) is 0. The number of fused-ring (bicyclic) bond motifs is 2. The standard InChI is InChI=1S/C27H37NO3/c1-19-7-6-10-26(2)17-24-21(15-23(19)26)22(25(29)31-24)18-28-13-11-27(30,12-14-28)16-20-8-4-3-5-9-20/h3-5,8-9,15,19,21-22,24,30H,6-7,10-14,16-18H2,1-2H3/t19-,21+,22+,24+,26+/m0/s1. The molecule has 3 fully saturated rings. The minimum atomic E-state index is -0.636. The summed E-state index contributed by atoms with van der Waals surface area (Å²) in [6, 6.07) is 10.3. The van der Waals surface area contributed by atoms with Crippen LogP contribution in [0.3, 0.4) is 0 Å². The molecule has 0 spiro atoms. The number of carbonyl (C=O) groups is 1. The molecule has 2 aliphatic carbocycles. The molecule has 0 bridgehead atoms. The van der Waals surface area contributed by atoms with Gasteiger partial charge < -0.3 is 14.7 Å². The van der Waals surface area contributed by atoms with E-state index in [1.54, 1.807) is 5.57 Å². The van der Waals surface area contributed by atoms with Crippen molar-refractivity contribution >= 4 is 5.97 Å². The molecule has 2 aliphatic heterocycles. The SMILES string of the molecule is C[C@H]1CCC[C@]2(C)C[C@H]3OC(=O)[C@H](CN4CCC(O)(Cc5ccccc5)CC4)[C@H]3C=C12. The Morgan fingerprint density at radius 2 is 1.90 bits per heavy atom. The summed E-state index contributed by atoms with van der Waals surface area (Å²) in [6.45, 7) is 7.18. The molecule has 168 valence electrons. The summed E-state index contributed by atoms with van der Waals surface area (Å²) in [6.07, 6.45) is 9.49. The molecule has 4 aliphatic rings. The van der Waals surface area contributed by atoms with E-state index >= 15 is 0 Å². The number of piperidine rings is 1. The Balaban J connectivity index is 1.24. The number of carbonyl (C=O) groups excluding carboxylic acids is 1. The lowest BCUT2D eigenvalue weighted by atomic mass is 9.59. The second kappa shape index (κ2) is 8.04. The van der Waals surface area contributed by atoms with Crippen molar-refractivity contribution < 1.29 is 14.6 Å². The molecule has 5 atom stereocenters. The quantitative estimate of drug-likeness (QED) is 0.577. The number of likely N-dealkylation sites (tertiary alicyclic amines) is 1. The summed E-state index contributed by atoms with van der Waals surface area (Å²) < 4.78 is 5.93. The Labute approximate surface area is 186 Å². The number of aliphatic hydroxyl groups is 1. The third kappa shape index (κ3) is 4.09. The number of esters is 1. The van der Waals surface area contributed by atoms with Crippen molar-refractivity contribution in [1.29, 1.82) is 0 Å². The van der Waals surface area contributed by atoms with Crippen molar-refractivity contribution in [2.45, 2.75) is 70.5 Å². The van der Waals surface area contributed by atoms with E-state index in [0.29, 0.717) is 12.3 Å². The van der Waals surface area contributed by atoms with Gasteiger partial charge in [-0.3, -0.25) is 4.79 Å². The Morgan fingerprint density at radius 1 is 1.16 bits per heavy atom. The summed E-state index contributed by atoms with van der Waals surface area (Å²) in [5, 5.41) is 11.1. The Bertz CT molecular complexity index is 841. The van der Waals surface area contributed by atoms with E-state index in [-0.39, 0.29) is 29.3 Å². The van der Waals surface area contributed by atoms with Crippen LogP contribution in [0.25, 0.3) is 0 Å². The number of hydrogen-bond acceptors (Lipinski definition) is 4. The average Bonchev–Trinajstić information content (AvgIpc) is 3.02. The van der Waals surface area contributed by atoms with Gasteiger partial charge in [-0.15, -0.1) is 0 Å². The van der Waals surface area contributed by atoms with E-state index in [1.807, 2.05) is 18.2 Å². The lowest BCUT2D eigenvalue weighted by Gasteiger charge is -2.46. The van der Waals surface area contributed by atoms with Crippen LogP contribution in [0.5, 0.6) is 0 Å². The highest BCUT2D eigenvalue weighted by Crippen LogP contribution is 2.54. The van der Waals surface area contributed by atoms with Gasteiger partial charge in [0.1, 0.15) is 6.10 Å². The fourth-order valence-corrected chi connectivity index (χ4v) is 6.84. The highest BCUT2D eigenvalue weighted by atomic mass is 16.6. The first-order valence-corrected chi connectivity index (χ1v) is 12.3. The van der Waals surface area contributed by atoms with Gasteiger partial charge in [-0.25, -0.2) is 0 Å². The zero-order chi connectivity index (χ0) is 21.6. The number of rotatable bonds is 4. The molecule has 5 rings (SSSR count). The second-order valence-electron chi connectivity index (χ2n) is 11.0. The van der Waals surface area contributed by atoms with Crippen molar-refractivity contribution in [2.24, 2.45) is 23.2 Å². The highest BCUT2D eigenvalue weighted by Gasteiger charge is 2.52. The number of benzene rings is 1. The molecule has 1 saturated carbocycles. The Hall–Kier alpha value is -1.65. The molecule has 4 heteroatoms. The molecular weight excluding hydrogens is 386 g/mol. The van der Waals surface area contributed by atoms with Gasteiger partial charge in [0.15, 0.2) is 0 Å². The minimum Gasteiger partial charge on any atom is -0.461 e. The smallest absolute Gasteiger partial charge is 0.311 e. The van der Waals surface area contributed by atoms with Crippen LogP contribution >= 0.6 is 0 Å². The maximum absolute atomic E-state index is 12.8. The number of nitrogens with zero attached hydrogens (tertiary/aromatic N) is 1. The minimum absolute atomic E-state index is 0.00753. The summed E-state index contributed by atoms with van der Waals surface area (Å²) in [4.78, 5) is 15.2. The second-order valence-corrected chi connectivity index (χ2v) is 11.0. The average molecular weight is 424 g/mol. The van der Waals surface area contributed by atoms with Crippen LogP contribution in [0, 0.1) is 23.2 Å². The molecule has 2 saturated heterocycles. The molecule has 2 heterocycles.